The monoisotopic (exact) mass is 286 g/mol. The van der Waals surface area contributed by atoms with Gasteiger partial charge in [0.05, 0.1) is 17.5 Å². The first-order valence-electron chi connectivity index (χ1n) is 6.57. The van der Waals surface area contributed by atoms with E-state index in [4.69, 9.17) is 22.7 Å². The van der Waals surface area contributed by atoms with E-state index < -0.39 is 11.5 Å². The lowest BCUT2D eigenvalue weighted by atomic mass is 9.84. The van der Waals surface area contributed by atoms with Crippen LogP contribution in [0.2, 0.25) is 0 Å². The van der Waals surface area contributed by atoms with Crippen molar-refractivity contribution in [3.05, 3.63) is 0 Å². The Hall–Kier alpha value is -1.17. The van der Waals surface area contributed by atoms with E-state index in [2.05, 4.69) is 0 Å². The molecule has 1 aliphatic heterocycles. The standard InChI is InChI=1S/C13H22N2O3S/c1-4-13(2,11(14)19)12(17)15-8-6-5-7-9(15)10(16)18-3/h9H,4-8H2,1-3H3,(H2,14,19). The zero-order valence-corrected chi connectivity index (χ0v) is 12.6. The Morgan fingerprint density at radius 1 is 1.47 bits per heavy atom. The van der Waals surface area contributed by atoms with Crippen molar-refractivity contribution in [1.82, 2.24) is 4.90 Å². The van der Waals surface area contributed by atoms with Crippen molar-refractivity contribution in [2.75, 3.05) is 13.7 Å². The zero-order valence-electron chi connectivity index (χ0n) is 11.8. The van der Waals surface area contributed by atoms with Gasteiger partial charge in [0.15, 0.2) is 0 Å². The van der Waals surface area contributed by atoms with Gasteiger partial charge in [-0.25, -0.2) is 4.79 Å². The topological polar surface area (TPSA) is 72.6 Å². The fraction of sp³-hybridized carbons (Fsp3) is 0.769. The molecule has 1 fully saturated rings. The second-order valence-corrected chi connectivity index (χ2v) is 5.52. The molecular formula is C13H22N2O3S. The van der Waals surface area contributed by atoms with E-state index in [0.29, 0.717) is 19.4 Å². The third-order valence-electron chi connectivity index (χ3n) is 3.96. The molecule has 0 aromatic carbocycles. The molecule has 0 bridgehead atoms. The average molecular weight is 286 g/mol. The van der Waals surface area contributed by atoms with Crippen LogP contribution < -0.4 is 5.73 Å². The molecule has 1 heterocycles. The molecule has 0 spiro atoms. The SMILES string of the molecule is CCC(C)(C(=O)N1CCCCC1C(=O)OC)C(N)=S. The molecule has 0 aromatic rings. The second kappa shape index (κ2) is 6.32. The Balaban J connectivity index is 3.00. The summed E-state index contributed by atoms with van der Waals surface area (Å²) in [7, 11) is 1.34. The summed E-state index contributed by atoms with van der Waals surface area (Å²) in [6.07, 6.45) is 2.96. The van der Waals surface area contributed by atoms with Crippen LogP contribution >= 0.6 is 12.2 Å². The average Bonchev–Trinajstić information content (AvgIpc) is 2.44. The van der Waals surface area contributed by atoms with Gasteiger partial charge in [-0.1, -0.05) is 19.1 Å². The summed E-state index contributed by atoms with van der Waals surface area (Å²) < 4.78 is 4.78. The summed E-state index contributed by atoms with van der Waals surface area (Å²) in [6, 6.07) is -0.508. The lowest BCUT2D eigenvalue weighted by Crippen LogP contribution is -2.56. The molecule has 2 atom stereocenters. The van der Waals surface area contributed by atoms with Crippen molar-refractivity contribution < 1.29 is 14.3 Å². The lowest BCUT2D eigenvalue weighted by molar-refractivity contribution is -0.157. The smallest absolute Gasteiger partial charge is 0.328 e. The predicted octanol–water partition coefficient (Wildman–Crippen LogP) is 1.24. The summed E-state index contributed by atoms with van der Waals surface area (Å²) in [4.78, 5) is 26.2. The van der Waals surface area contributed by atoms with Gasteiger partial charge in [0, 0.05) is 6.54 Å². The van der Waals surface area contributed by atoms with Crippen LogP contribution in [-0.4, -0.2) is 41.5 Å². The minimum absolute atomic E-state index is 0.169. The normalized spacial score (nSPS) is 22.5. The lowest BCUT2D eigenvalue weighted by Gasteiger charge is -2.39. The predicted molar refractivity (Wildman–Crippen MR) is 76.6 cm³/mol. The molecule has 1 rings (SSSR count). The van der Waals surface area contributed by atoms with Gasteiger partial charge in [0.25, 0.3) is 0 Å². The zero-order chi connectivity index (χ0) is 14.6. The molecule has 1 amide bonds. The van der Waals surface area contributed by atoms with Crippen molar-refractivity contribution >= 4 is 29.1 Å². The first-order chi connectivity index (χ1) is 8.88. The number of rotatable bonds is 4. The molecule has 1 aliphatic rings. The second-order valence-electron chi connectivity index (χ2n) is 5.08. The minimum atomic E-state index is -0.890. The number of hydrogen-bond donors (Lipinski definition) is 1. The third-order valence-corrected chi connectivity index (χ3v) is 4.41. The number of hydrogen-bond acceptors (Lipinski definition) is 4. The maximum atomic E-state index is 12.7. The van der Waals surface area contributed by atoms with Crippen LogP contribution in [0, 0.1) is 5.41 Å². The highest BCUT2D eigenvalue weighted by atomic mass is 32.1. The number of nitrogens with two attached hydrogens (primary N) is 1. The van der Waals surface area contributed by atoms with Crippen molar-refractivity contribution in [3.8, 4) is 0 Å². The Bertz CT molecular complexity index is 386. The molecular weight excluding hydrogens is 264 g/mol. The Labute approximate surface area is 119 Å². The van der Waals surface area contributed by atoms with E-state index in [1.54, 1.807) is 11.8 Å². The summed E-state index contributed by atoms with van der Waals surface area (Å²) in [5.41, 5.74) is 4.82. The van der Waals surface area contributed by atoms with Gasteiger partial charge in [-0.3, -0.25) is 4.79 Å². The highest BCUT2D eigenvalue weighted by molar-refractivity contribution is 7.80. The van der Waals surface area contributed by atoms with Gasteiger partial charge in [0.2, 0.25) is 5.91 Å². The van der Waals surface area contributed by atoms with Crippen LogP contribution in [0.5, 0.6) is 0 Å². The van der Waals surface area contributed by atoms with Crippen LogP contribution in [0.3, 0.4) is 0 Å². The van der Waals surface area contributed by atoms with E-state index >= 15 is 0 Å². The van der Waals surface area contributed by atoms with Crippen molar-refractivity contribution in [1.29, 1.82) is 0 Å². The minimum Gasteiger partial charge on any atom is -0.467 e. The largest absolute Gasteiger partial charge is 0.467 e. The quantitative estimate of drug-likeness (QED) is 0.622. The van der Waals surface area contributed by atoms with Crippen molar-refractivity contribution in [3.63, 3.8) is 0 Å². The van der Waals surface area contributed by atoms with E-state index in [9.17, 15) is 9.59 Å². The van der Waals surface area contributed by atoms with Gasteiger partial charge >= 0.3 is 5.97 Å². The molecule has 0 aromatic heterocycles. The van der Waals surface area contributed by atoms with Crippen LogP contribution in [0.1, 0.15) is 39.5 Å². The van der Waals surface area contributed by atoms with Crippen LogP contribution in [-0.2, 0) is 14.3 Å². The number of thiocarbonyl (C=S) groups is 1. The number of esters is 1. The number of likely N-dealkylation sites (tertiary alicyclic amines) is 1. The highest BCUT2D eigenvalue weighted by Crippen LogP contribution is 2.29. The number of carbonyl (C=O) groups is 2. The Kier molecular flexibility index (Phi) is 5.29. The maximum absolute atomic E-state index is 12.7. The fourth-order valence-corrected chi connectivity index (χ4v) is 2.54. The first-order valence-corrected chi connectivity index (χ1v) is 6.98. The molecule has 108 valence electrons. The van der Waals surface area contributed by atoms with Gasteiger partial charge in [-0.2, -0.15) is 0 Å². The summed E-state index contributed by atoms with van der Waals surface area (Å²) >= 11 is 5.02. The molecule has 0 aliphatic carbocycles. The summed E-state index contributed by atoms with van der Waals surface area (Å²) in [5, 5.41) is 0. The number of piperidine rings is 1. The van der Waals surface area contributed by atoms with Crippen LogP contribution in [0.25, 0.3) is 0 Å². The Morgan fingerprint density at radius 2 is 2.11 bits per heavy atom. The highest BCUT2D eigenvalue weighted by Gasteiger charge is 2.43. The van der Waals surface area contributed by atoms with Gasteiger partial charge in [-0.15, -0.1) is 0 Å². The summed E-state index contributed by atoms with van der Waals surface area (Å²) in [5.74, 6) is -0.535. The molecule has 2 N–H and O–H groups in total. The maximum Gasteiger partial charge on any atom is 0.328 e. The van der Waals surface area contributed by atoms with E-state index in [1.165, 1.54) is 7.11 Å². The van der Waals surface area contributed by atoms with Crippen molar-refractivity contribution in [2.45, 2.75) is 45.6 Å². The van der Waals surface area contributed by atoms with E-state index in [-0.39, 0.29) is 16.9 Å². The molecule has 1 saturated heterocycles. The van der Waals surface area contributed by atoms with Crippen LogP contribution in [0.4, 0.5) is 0 Å². The Morgan fingerprint density at radius 3 is 2.58 bits per heavy atom. The molecule has 19 heavy (non-hydrogen) atoms. The van der Waals surface area contributed by atoms with Gasteiger partial charge < -0.3 is 15.4 Å². The van der Waals surface area contributed by atoms with Gasteiger partial charge in [-0.05, 0) is 32.6 Å². The number of carbonyl (C=O) groups excluding carboxylic acids is 2. The number of ether oxygens (including phenoxy) is 1. The molecule has 2 unspecified atom stereocenters. The van der Waals surface area contributed by atoms with Crippen molar-refractivity contribution in [2.24, 2.45) is 11.1 Å². The fourth-order valence-electron chi connectivity index (χ4n) is 2.30. The first kappa shape index (κ1) is 15.9. The van der Waals surface area contributed by atoms with Gasteiger partial charge in [0.1, 0.15) is 6.04 Å². The number of amides is 1. The summed E-state index contributed by atoms with van der Waals surface area (Å²) in [6.45, 7) is 4.16. The van der Waals surface area contributed by atoms with E-state index in [0.717, 1.165) is 12.8 Å². The van der Waals surface area contributed by atoms with E-state index in [1.807, 2.05) is 6.92 Å². The van der Waals surface area contributed by atoms with Crippen LogP contribution in [0.15, 0.2) is 0 Å². The number of methoxy groups -OCH3 is 1. The molecule has 6 heteroatoms. The molecule has 0 saturated carbocycles. The third kappa shape index (κ3) is 3.05. The molecule has 5 nitrogen and oxygen atoms in total. The molecule has 0 radical (unpaired) electrons. The number of nitrogens with zero attached hydrogens (tertiary/aromatic N) is 1.